The molecule has 0 fully saturated rings. The fourth-order valence-electron chi connectivity index (χ4n) is 10.5. The number of rotatable bonds is 60. The van der Waals surface area contributed by atoms with E-state index in [-0.39, 0.29) is 12.5 Å². The number of carbonyl (C=O) groups excluding carboxylic acids is 1. The van der Waals surface area contributed by atoms with E-state index in [1.54, 1.807) is 0 Å². The summed E-state index contributed by atoms with van der Waals surface area (Å²) in [4.78, 5) is 12.5. The second-order valence-corrected chi connectivity index (χ2v) is 22.2. The van der Waals surface area contributed by atoms with Crippen molar-refractivity contribution in [3.63, 3.8) is 0 Å². The fourth-order valence-corrected chi connectivity index (χ4v) is 10.5. The van der Waals surface area contributed by atoms with Gasteiger partial charge in [0.15, 0.2) is 0 Å². The standard InChI is InChI=1S/C63H127NO3/c1-3-5-7-9-11-13-15-17-19-21-23-25-27-29-30-31-32-33-34-35-37-39-41-43-45-47-49-51-53-55-57-59-63(67)64-61(60-65)62(66)58-56-54-52-50-48-46-44-42-40-38-36-28-26-24-22-20-18-16-14-12-10-8-6-4-2/h61-62,65-66H,3-60H2,1-2H3,(H,64,67). The number of unbranched alkanes of at least 4 members (excludes halogenated alkanes) is 53. The van der Waals surface area contributed by atoms with Crippen molar-refractivity contribution in [3.8, 4) is 0 Å². The minimum Gasteiger partial charge on any atom is -0.394 e. The summed E-state index contributed by atoms with van der Waals surface area (Å²) >= 11 is 0. The normalized spacial score (nSPS) is 12.6. The Hall–Kier alpha value is -0.610. The minimum absolute atomic E-state index is 0.0203. The summed E-state index contributed by atoms with van der Waals surface area (Å²) < 4.78 is 0. The third kappa shape index (κ3) is 56.2. The molecule has 0 aliphatic carbocycles. The van der Waals surface area contributed by atoms with Crippen molar-refractivity contribution >= 4 is 5.91 Å². The summed E-state index contributed by atoms with van der Waals surface area (Å²) in [6, 6.07) is -0.532. The summed E-state index contributed by atoms with van der Waals surface area (Å²) in [7, 11) is 0. The van der Waals surface area contributed by atoms with Crippen LogP contribution in [0, 0.1) is 0 Å². The first-order valence-electron chi connectivity index (χ1n) is 31.7. The third-order valence-electron chi connectivity index (χ3n) is 15.4. The highest BCUT2D eigenvalue weighted by Crippen LogP contribution is 2.19. The summed E-state index contributed by atoms with van der Waals surface area (Å²) in [6.45, 7) is 4.42. The van der Waals surface area contributed by atoms with Crippen molar-refractivity contribution in [2.75, 3.05) is 6.61 Å². The molecule has 0 aliphatic heterocycles. The van der Waals surface area contributed by atoms with Crippen molar-refractivity contribution < 1.29 is 15.0 Å². The molecule has 1 amide bonds. The van der Waals surface area contributed by atoms with Crippen LogP contribution in [-0.2, 0) is 4.79 Å². The Morgan fingerprint density at radius 2 is 0.478 bits per heavy atom. The van der Waals surface area contributed by atoms with Crippen LogP contribution in [-0.4, -0.2) is 34.9 Å². The smallest absolute Gasteiger partial charge is 0.220 e. The van der Waals surface area contributed by atoms with E-state index in [1.807, 2.05) is 0 Å². The zero-order valence-corrected chi connectivity index (χ0v) is 46.5. The Bertz CT molecular complexity index is 894. The van der Waals surface area contributed by atoms with E-state index < -0.39 is 12.1 Å². The van der Waals surface area contributed by atoms with Gasteiger partial charge >= 0.3 is 0 Å². The van der Waals surface area contributed by atoms with Crippen LogP contribution in [0.25, 0.3) is 0 Å². The summed E-state index contributed by atoms with van der Waals surface area (Å²) in [5, 5.41) is 23.4. The summed E-state index contributed by atoms with van der Waals surface area (Å²) in [6.07, 6.45) is 77.0. The van der Waals surface area contributed by atoms with Gasteiger partial charge in [0.05, 0.1) is 18.8 Å². The zero-order valence-electron chi connectivity index (χ0n) is 46.5. The molecular formula is C63H127NO3. The van der Waals surface area contributed by atoms with Gasteiger partial charge in [0.1, 0.15) is 0 Å². The van der Waals surface area contributed by atoms with Crippen LogP contribution in [0.5, 0.6) is 0 Å². The van der Waals surface area contributed by atoms with Gasteiger partial charge in [-0.15, -0.1) is 0 Å². The summed E-state index contributed by atoms with van der Waals surface area (Å²) in [5.41, 5.74) is 0. The molecule has 0 rings (SSSR count). The Balaban J connectivity index is 3.37. The first-order chi connectivity index (χ1) is 33.2. The van der Waals surface area contributed by atoms with Gasteiger partial charge in [-0.2, -0.15) is 0 Å². The molecule has 4 heteroatoms. The van der Waals surface area contributed by atoms with Crippen LogP contribution in [0.2, 0.25) is 0 Å². The van der Waals surface area contributed by atoms with E-state index in [2.05, 4.69) is 19.2 Å². The van der Waals surface area contributed by atoms with Gasteiger partial charge in [-0.05, 0) is 12.8 Å². The lowest BCUT2D eigenvalue weighted by Gasteiger charge is -2.22. The molecule has 3 N–H and O–H groups in total. The number of amides is 1. The Morgan fingerprint density at radius 3 is 0.672 bits per heavy atom. The van der Waals surface area contributed by atoms with Crippen LogP contribution in [0.3, 0.4) is 0 Å². The average molecular weight is 947 g/mol. The molecule has 0 bridgehead atoms. The highest BCUT2D eigenvalue weighted by Gasteiger charge is 2.20. The van der Waals surface area contributed by atoms with Gasteiger partial charge in [0, 0.05) is 6.42 Å². The predicted molar refractivity (Wildman–Crippen MR) is 300 cm³/mol. The molecule has 67 heavy (non-hydrogen) atoms. The van der Waals surface area contributed by atoms with Crippen molar-refractivity contribution in [2.24, 2.45) is 0 Å². The van der Waals surface area contributed by atoms with Gasteiger partial charge in [-0.1, -0.05) is 361 Å². The third-order valence-corrected chi connectivity index (χ3v) is 15.4. The highest BCUT2D eigenvalue weighted by atomic mass is 16.3. The molecular weight excluding hydrogens is 819 g/mol. The Morgan fingerprint density at radius 1 is 0.299 bits per heavy atom. The first kappa shape index (κ1) is 66.4. The molecule has 0 aromatic heterocycles. The molecule has 2 unspecified atom stereocenters. The van der Waals surface area contributed by atoms with Gasteiger partial charge in [0.25, 0.3) is 0 Å². The number of aliphatic hydroxyl groups is 2. The SMILES string of the molecule is CCCCCCCCCCCCCCCCCCCCCCCCCCCCCCCCCC(=O)NC(CO)C(O)CCCCCCCCCCCCCCCCCCCCCCCCCC. The number of carbonyl (C=O) groups is 1. The molecule has 0 heterocycles. The summed E-state index contributed by atoms with van der Waals surface area (Å²) in [5.74, 6) is -0.0203. The molecule has 0 radical (unpaired) electrons. The number of nitrogens with one attached hydrogen (secondary N) is 1. The number of hydrogen-bond donors (Lipinski definition) is 3. The van der Waals surface area contributed by atoms with Gasteiger partial charge in [-0.3, -0.25) is 4.79 Å². The molecule has 4 nitrogen and oxygen atoms in total. The van der Waals surface area contributed by atoms with E-state index >= 15 is 0 Å². The van der Waals surface area contributed by atoms with E-state index in [1.165, 1.54) is 327 Å². The number of aliphatic hydroxyl groups excluding tert-OH is 2. The maximum atomic E-state index is 12.5. The molecule has 2 atom stereocenters. The van der Waals surface area contributed by atoms with Crippen LogP contribution in [0.15, 0.2) is 0 Å². The maximum absolute atomic E-state index is 12.5. The fraction of sp³-hybridized carbons (Fsp3) is 0.984. The molecule has 0 aromatic rings. The molecule has 0 spiro atoms. The largest absolute Gasteiger partial charge is 0.394 e. The second-order valence-electron chi connectivity index (χ2n) is 22.2. The Labute approximate surface area is 423 Å². The van der Waals surface area contributed by atoms with E-state index in [9.17, 15) is 15.0 Å². The molecule has 0 saturated heterocycles. The monoisotopic (exact) mass is 946 g/mol. The molecule has 402 valence electrons. The Kier molecular flexibility index (Phi) is 59.2. The lowest BCUT2D eigenvalue weighted by atomic mass is 10.0. The van der Waals surface area contributed by atoms with E-state index in [0.29, 0.717) is 12.8 Å². The van der Waals surface area contributed by atoms with Crippen molar-refractivity contribution in [3.05, 3.63) is 0 Å². The topological polar surface area (TPSA) is 69.6 Å². The van der Waals surface area contributed by atoms with Crippen LogP contribution >= 0.6 is 0 Å². The van der Waals surface area contributed by atoms with Crippen molar-refractivity contribution in [1.29, 1.82) is 0 Å². The zero-order chi connectivity index (χ0) is 48.5. The predicted octanol–water partition coefficient (Wildman–Crippen LogP) is 21.1. The second kappa shape index (κ2) is 59.7. The van der Waals surface area contributed by atoms with Gasteiger partial charge in [-0.25, -0.2) is 0 Å². The highest BCUT2D eigenvalue weighted by molar-refractivity contribution is 5.76. The maximum Gasteiger partial charge on any atom is 0.220 e. The quantitative estimate of drug-likeness (QED) is 0.0532. The molecule has 0 aliphatic rings. The van der Waals surface area contributed by atoms with Gasteiger partial charge < -0.3 is 15.5 Å². The van der Waals surface area contributed by atoms with Gasteiger partial charge in [0.2, 0.25) is 5.91 Å². The minimum atomic E-state index is -0.656. The lowest BCUT2D eigenvalue weighted by molar-refractivity contribution is -0.123. The average Bonchev–Trinajstić information content (AvgIpc) is 3.33. The van der Waals surface area contributed by atoms with Crippen molar-refractivity contribution in [2.45, 2.75) is 392 Å². The number of hydrogen-bond acceptors (Lipinski definition) is 3. The molecule has 0 aromatic carbocycles. The molecule has 0 saturated carbocycles. The lowest BCUT2D eigenvalue weighted by Crippen LogP contribution is -2.45. The first-order valence-corrected chi connectivity index (χ1v) is 31.7. The van der Waals surface area contributed by atoms with E-state index in [0.717, 1.165) is 25.7 Å². The van der Waals surface area contributed by atoms with E-state index in [4.69, 9.17) is 0 Å². The van der Waals surface area contributed by atoms with Crippen LogP contribution in [0.4, 0.5) is 0 Å². The van der Waals surface area contributed by atoms with Crippen LogP contribution < -0.4 is 5.32 Å². The van der Waals surface area contributed by atoms with Crippen LogP contribution in [0.1, 0.15) is 380 Å². The van der Waals surface area contributed by atoms with Crippen molar-refractivity contribution in [1.82, 2.24) is 5.32 Å².